The Morgan fingerprint density at radius 2 is 1.80 bits per heavy atom. The highest BCUT2D eigenvalue weighted by Crippen LogP contribution is 2.18. The normalized spacial score (nSPS) is 10.1. The Labute approximate surface area is 115 Å². The van der Waals surface area contributed by atoms with Crippen molar-refractivity contribution >= 4 is 11.9 Å². The maximum Gasteiger partial charge on any atom is 0.363 e. The number of esters is 1. The van der Waals surface area contributed by atoms with E-state index in [1.165, 1.54) is 18.3 Å². The fourth-order valence-corrected chi connectivity index (χ4v) is 1.89. The van der Waals surface area contributed by atoms with Crippen LogP contribution in [-0.2, 0) is 0 Å². The van der Waals surface area contributed by atoms with Gasteiger partial charge in [0.25, 0.3) is 0 Å². The molecule has 20 heavy (non-hydrogen) atoms. The molecule has 1 aromatic carbocycles. The van der Waals surface area contributed by atoms with Crippen molar-refractivity contribution in [3.8, 4) is 5.75 Å². The molecule has 0 aliphatic heterocycles. The number of hydrogen-bond donors (Lipinski definition) is 1. The second-order valence-corrected chi connectivity index (χ2v) is 4.42. The second kappa shape index (κ2) is 5.52. The summed E-state index contributed by atoms with van der Waals surface area (Å²) in [4.78, 5) is 26.8. The first kappa shape index (κ1) is 13.7. The van der Waals surface area contributed by atoms with E-state index in [1.807, 2.05) is 19.9 Å². The van der Waals surface area contributed by atoms with Gasteiger partial charge in [0.05, 0.1) is 5.56 Å². The molecular weight excluding hydrogens is 258 g/mol. The number of carboxylic acid groups (broad SMARTS) is 1. The van der Waals surface area contributed by atoms with Crippen LogP contribution in [0.5, 0.6) is 5.75 Å². The summed E-state index contributed by atoms with van der Waals surface area (Å²) >= 11 is 0. The van der Waals surface area contributed by atoms with Gasteiger partial charge in [-0.3, -0.25) is 0 Å². The molecule has 0 saturated carbocycles. The van der Waals surface area contributed by atoms with Crippen molar-refractivity contribution in [1.82, 2.24) is 4.98 Å². The molecule has 0 fully saturated rings. The summed E-state index contributed by atoms with van der Waals surface area (Å²) in [6.07, 6.45) is 1.35. The lowest BCUT2D eigenvalue weighted by molar-refractivity contribution is 0.0664. The van der Waals surface area contributed by atoms with Crippen LogP contribution < -0.4 is 4.74 Å². The molecule has 0 atom stereocenters. The highest BCUT2D eigenvalue weighted by molar-refractivity contribution is 6.01. The average molecular weight is 271 g/mol. The van der Waals surface area contributed by atoms with E-state index in [1.54, 1.807) is 12.1 Å². The quantitative estimate of drug-likeness (QED) is 0.686. The van der Waals surface area contributed by atoms with Crippen molar-refractivity contribution in [2.45, 2.75) is 13.8 Å². The smallest absolute Gasteiger partial charge is 0.363 e. The lowest BCUT2D eigenvalue weighted by atomic mass is 10.1. The van der Waals surface area contributed by atoms with Crippen molar-refractivity contribution in [1.29, 1.82) is 0 Å². The van der Waals surface area contributed by atoms with Gasteiger partial charge in [-0.25, -0.2) is 14.6 Å². The summed E-state index contributed by atoms with van der Waals surface area (Å²) in [5.41, 5.74) is 1.51. The molecular formula is C15H13NO4. The number of nitrogens with zero attached hydrogens (tertiary/aromatic N) is 1. The van der Waals surface area contributed by atoms with E-state index in [-0.39, 0.29) is 11.3 Å². The lowest BCUT2D eigenvalue weighted by Gasteiger charge is -2.07. The van der Waals surface area contributed by atoms with Crippen molar-refractivity contribution in [3.63, 3.8) is 0 Å². The number of carbonyl (C=O) groups excluding carboxylic acids is 1. The molecule has 2 rings (SSSR count). The molecule has 2 aromatic rings. The van der Waals surface area contributed by atoms with Crippen LogP contribution in [0.2, 0.25) is 0 Å². The molecule has 0 radical (unpaired) electrons. The monoisotopic (exact) mass is 271 g/mol. The number of ether oxygens (including phenoxy) is 1. The van der Waals surface area contributed by atoms with Crippen molar-refractivity contribution < 1.29 is 19.4 Å². The number of aromatic nitrogens is 1. The number of carboxylic acids is 1. The van der Waals surface area contributed by atoms with Gasteiger partial charge >= 0.3 is 11.9 Å². The Kier molecular flexibility index (Phi) is 3.79. The minimum absolute atomic E-state index is 0.179. The molecule has 0 saturated heterocycles. The molecule has 5 heteroatoms. The van der Waals surface area contributed by atoms with Gasteiger partial charge in [-0.15, -0.1) is 0 Å². The van der Waals surface area contributed by atoms with E-state index < -0.39 is 11.9 Å². The van der Waals surface area contributed by atoms with Gasteiger partial charge in [-0.05, 0) is 49.2 Å². The average Bonchev–Trinajstić information content (AvgIpc) is 2.37. The van der Waals surface area contributed by atoms with Gasteiger partial charge in [0.15, 0.2) is 5.69 Å². The Balaban J connectivity index is 2.31. The minimum Gasteiger partial charge on any atom is -0.478 e. The number of pyridine rings is 1. The Hall–Kier alpha value is -2.69. The summed E-state index contributed by atoms with van der Waals surface area (Å²) in [7, 11) is 0. The maximum atomic E-state index is 12.0. The van der Waals surface area contributed by atoms with Crippen LogP contribution in [0.25, 0.3) is 0 Å². The third-order valence-corrected chi connectivity index (χ3v) is 2.64. The Bertz CT molecular complexity index is 659. The summed E-state index contributed by atoms with van der Waals surface area (Å²) in [6, 6.07) is 8.12. The molecule has 0 aliphatic rings. The van der Waals surface area contributed by atoms with E-state index in [9.17, 15) is 9.59 Å². The van der Waals surface area contributed by atoms with Gasteiger partial charge in [0, 0.05) is 6.20 Å². The first-order chi connectivity index (χ1) is 9.47. The topological polar surface area (TPSA) is 76.5 Å². The summed E-state index contributed by atoms with van der Waals surface area (Å²) in [5, 5.41) is 9.02. The third kappa shape index (κ3) is 3.00. The fraction of sp³-hybridized carbons (Fsp3) is 0.133. The van der Waals surface area contributed by atoms with Crippen LogP contribution in [0.1, 0.15) is 32.0 Å². The summed E-state index contributed by atoms with van der Waals surface area (Å²) in [6.45, 7) is 3.77. The zero-order chi connectivity index (χ0) is 14.7. The number of carbonyl (C=O) groups is 2. The standard InChI is InChI=1S/C15H13NO4/c1-9-6-10(2)8-11(7-9)20-15(19)13-12(14(17)18)4-3-5-16-13/h3-8H,1-2H3,(H,17,18). The van der Waals surface area contributed by atoms with Crippen LogP contribution in [0.4, 0.5) is 0 Å². The Morgan fingerprint density at radius 3 is 2.40 bits per heavy atom. The van der Waals surface area contributed by atoms with Crippen molar-refractivity contribution in [3.05, 3.63) is 58.9 Å². The van der Waals surface area contributed by atoms with Gasteiger partial charge in [0.2, 0.25) is 0 Å². The molecule has 0 amide bonds. The first-order valence-corrected chi connectivity index (χ1v) is 5.96. The predicted molar refractivity (Wildman–Crippen MR) is 72.1 cm³/mol. The number of rotatable bonds is 3. The highest BCUT2D eigenvalue weighted by Gasteiger charge is 2.19. The van der Waals surface area contributed by atoms with Crippen LogP contribution >= 0.6 is 0 Å². The molecule has 0 aliphatic carbocycles. The summed E-state index contributed by atoms with van der Waals surface area (Å²) in [5.74, 6) is -1.63. The van der Waals surface area contributed by atoms with Crippen LogP contribution in [0.3, 0.4) is 0 Å². The molecule has 102 valence electrons. The van der Waals surface area contributed by atoms with E-state index in [4.69, 9.17) is 9.84 Å². The highest BCUT2D eigenvalue weighted by atomic mass is 16.5. The molecule has 1 heterocycles. The van der Waals surface area contributed by atoms with Gasteiger partial charge in [0.1, 0.15) is 5.75 Å². The zero-order valence-electron chi connectivity index (χ0n) is 11.1. The van der Waals surface area contributed by atoms with E-state index >= 15 is 0 Å². The zero-order valence-corrected chi connectivity index (χ0v) is 11.1. The first-order valence-electron chi connectivity index (χ1n) is 5.96. The van der Waals surface area contributed by atoms with Crippen LogP contribution in [-0.4, -0.2) is 22.0 Å². The summed E-state index contributed by atoms with van der Waals surface area (Å²) < 4.78 is 5.19. The molecule has 5 nitrogen and oxygen atoms in total. The minimum atomic E-state index is -1.22. The van der Waals surface area contributed by atoms with Crippen molar-refractivity contribution in [2.75, 3.05) is 0 Å². The molecule has 0 spiro atoms. The fourth-order valence-electron chi connectivity index (χ4n) is 1.89. The van der Waals surface area contributed by atoms with E-state index in [0.29, 0.717) is 5.75 Å². The predicted octanol–water partition coefficient (Wildman–Crippen LogP) is 2.62. The van der Waals surface area contributed by atoms with Gasteiger partial charge in [-0.1, -0.05) is 6.07 Å². The second-order valence-electron chi connectivity index (χ2n) is 4.42. The largest absolute Gasteiger partial charge is 0.478 e. The lowest BCUT2D eigenvalue weighted by Crippen LogP contribution is -2.16. The number of benzene rings is 1. The Morgan fingerprint density at radius 1 is 1.15 bits per heavy atom. The maximum absolute atomic E-state index is 12.0. The SMILES string of the molecule is Cc1cc(C)cc(OC(=O)c2ncccc2C(=O)O)c1. The van der Waals surface area contributed by atoms with Crippen molar-refractivity contribution in [2.24, 2.45) is 0 Å². The molecule has 1 aromatic heterocycles. The number of aromatic carboxylic acids is 1. The van der Waals surface area contributed by atoms with Crippen LogP contribution in [0, 0.1) is 13.8 Å². The molecule has 0 unspecified atom stereocenters. The molecule has 0 bridgehead atoms. The third-order valence-electron chi connectivity index (χ3n) is 2.64. The van der Waals surface area contributed by atoms with Crippen LogP contribution in [0.15, 0.2) is 36.5 Å². The molecule has 1 N–H and O–H groups in total. The van der Waals surface area contributed by atoms with Gasteiger partial charge < -0.3 is 9.84 Å². The van der Waals surface area contributed by atoms with Gasteiger partial charge in [-0.2, -0.15) is 0 Å². The van der Waals surface area contributed by atoms with E-state index in [2.05, 4.69) is 4.98 Å². The number of aryl methyl sites for hydroxylation is 2. The van der Waals surface area contributed by atoms with E-state index in [0.717, 1.165) is 11.1 Å². The number of hydrogen-bond acceptors (Lipinski definition) is 4.